The normalized spacial score (nSPS) is 23.4. The molecule has 0 unspecified atom stereocenters. The summed E-state index contributed by atoms with van der Waals surface area (Å²) in [5, 5.41) is 11.4. The van der Waals surface area contributed by atoms with E-state index in [1.807, 2.05) is 37.3 Å². The van der Waals surface area contributed by atoms with E-state index in [1.165, 1.54) is 16.7 Å². The number of methoxy groups -OCH3 is 1. The second-order valence-corrected chi connectivity index (χ2v) is 12.0. The summed E-state index contributed by atoms with van der Waals surface area (Å²) in [6.45, 7) is 12.5. The van der Waals surface area contributed by atoms with Crippen molar-refractivity contribution in [2.75, 3.05) is 7.11 Å². The van der Waals surface area contributed by atoms with Crippen molar-refractivity contribution in [3.63, 3.8) is 0 Å². The largest absolute Gasteiger partial charge is 0.507 e. The highest BCUT2D eigenvalue weighted by molar-refractivity contribution is 6.05. The zero-order chi connectivity index (χ0) is 29.0. The Labute approximate surface area is 240 Å². The van der Waals surface area contributed by atoms with Crippen LogP contribution in [0.5, 0.6) is 17.2 Å². The van der Waals surface area contributed by atoms with Crippen LogP contribution < -0.4 is 9.47 Å². The number of hydrogen-bond donors (Lipinski definition) is 1. The van der Waals surface area contributed by atoms with Crippen molar-refractivity contribution in [1.29, 1.82) is 0 Å². The fraction of sp³-hybridized carbons (Fsp3) is 0.417. The van der Waals surface area contributed by atoms with Gasteiger partial charge in [-0.2, -0.15) is 0 Å². The van der Waals surface area contributed by atoms with E-state index in [2.05, 4.69) is 65.0 Å². The average Bonchev–Trinajstić information content (AvgIpc) is 2.91. The molecule has 0 spiro atoms. The highest BCUT2D eigenvalue weighted by Gasteiger charge is 2.43. The maximum Gasteiger partial charge on any atom is 0.174 e. The standard InChI is InChI=1S/C36H44O4/c1-23(2)12-11-20-36(6)21-19-29-31(39-7)22-30(37)33(35(29)40-36)34(38)32-27(17-15-24(3)4)25(5)16-18-28(32)26-13-9-8-10-14-26/h8-10,12-16,19,21-22,27-28,32,37H,11,17-18,20H2,1-7H3/t27-,28+,32+,36-/m0/s1. The lowest BCUT2D eigenvalue weighted by atomic mass is 9.65. The van der Waals surface area contributed by atoms with Crippen LogP contribution in [0.25, 0.3) is 6.08 Å². The number of allylic oxidation sites excluding steroid dienone is 6. The zero-order valence-corrected chi connectivity index (χ0v) is 25.1. The van der Waals surface area contributed by atoms with E-state index in [9.17, 15) is 9.90 Å². The van der Waals surface area contributed by atoms with Crippen LogP contribution in [0.2, 0.25) is 0 Å². The number of phenols is 1. The summed E-state index contributed by atoms with van der Waals surface area (Å²) in [7, 11) is 1.57. The number of hydrogen-bond acceptors (Lipinski definition) is 4. The summed E-state index contributed by atoms with van der Waals surface area (Å²) in [6, 6.07) is 11.9. The Morgan fingerprint density at radius 3 is 2.48 bits per heavy atom. The van der Waals surface area contributed by atoms with E-state index in [1.54, 1.807) is 13.2 Å². The predicted octanol–water partition coefficient (Wildman–Crippen LogP) is 9.22. The molecular formula is C36H44O4. The number of carbonyl (C=O) groups excluding carboxylic acids is 1. The minimum Gasteiger partial charge on any atom is -0.507 e. The van der Waals surface area contributed by atoms with Crippen LogP contribution in [0.15, 0.2) is 77.4 Å². The molecule has 1 aliphatic carbocycles. The van der Waals surface area contributed by atoms with Crippen LogP contribution in [0.3, 0.4) is 0 Å². The molecule has 4 heteroatoms. The van der Waals surface area contributed by atoms with Gasteiger partial charge in [0.1, 0.15) is 28.4 Å². The second kappa shape index (κ2) is 12.3. The van der Waals surface area contributed by atoms with E-state index < -0.39 is 5.60 Å². The van der Waals surface area contributed by atoms with Gasteiger partial charge in [-0.1, -0.05) is 65.3 Å². The Morgan fingerprint density at radius 2 is 1.82 bits per heavy atom. The Kier molecular flexibility index (Phi) is 9.08. The number of phenolic OH excluding ortho intramolecular Hbond substituents is 1. The summed E-state index contributed by atoms with van der Waals surface area (Å²) >= 11 is 0. The van der Waals surface area contributed by atoms with Crippen molar-refractivity contribution in [1.82, 2.24) is 0 Å². The second-order valence-electron chi connectivity index (χ2n) is 12.0. The first-order chi connectivity index (χ1) is 19.0. The molecule has 2 aliphatic rings. The highest BCUT2D eigenvalue weighted by atomic mass is 16.5. The van der Waals surface area contributed by atoms with E-state index in [0.717, 1.165) is 31.2 Å². The first kappa shape index (κ1) is 29.5. The first-order valence-corrected chi connectivity index (χ1v) is 14.4. The number of ketones is 1. The topological polar surface area (TPSA) is 55.8 Å². The third-order valence-electron chi connectivity index (χ3n) is 8.31. The highest BCUT2D eigenvalue weighted by Crippen LogP contribution is 2.50. The Balaban J connectivity index is 1.85. The fourth-order valence-electron chi connectivity index (χ4n) is 6.06. The number of benzene rings is 2. The molecule has 2 aromatic rings. The van der Waals surface area contributed by atoms with Crippen LogP contribution in [-0.2, 0) is 0 Å². The summed E-state index contributed by atoms with van der Waals surface area (Å²) in [4.78, 5) is 14.8. The van der Waals surface area contributed by atoms with Gasteiger partial charge in [-0.3, -0.25) is 4.79 Å². The molecule has 4 nitrogen and oxygen atoms in total. The minimum atomic E-state index is -0.616. The molecule has 1 heterocycles. The molecule has 0 saturated carbocycles. The van der Waals surface area contributed by atoms with Crippen molar-refractivity contribution in [2.45, 2.75) is 78.7 Å². The molecule has 0 amide bonds. The van der Waals surface area contributed by atoms with Crippen LogP contribution in [0.4, 0.5) is 0 Å². The zero-order valence-electron chi connectivity index (χ0n) is 25.1. The van der Waals surface area contributed by atoms with Gasteiger partial charge in [-0.05, 0) is 96.8 Å². The van der Waals surface area contributed by atoms with E-state index in [4.69, 9.17) is 9.47 Å². The molecule has 0 radical (unpaired) electrons. The molecule has 1 aliphatic heterocycles. The number of fused-ring (bicyclic) bond motifs is 1. The van der Waals surface area contributed by atoms with E-state index in [-0.39, 0.29) is 34.8 Å². The number of carbonyl (C=O) groups is 1. The molecule has 4 rings (SSSR count). The number of ether oxygens (including phenoxy) is 2. The lowest BCUT2D eigenvalue weighted by molar-refractivity contribution is 0.0826. The average molecular weight is 541 g/mol. The fourth-order valence-corrected chi connectivity index (χ4v) is 6.06. The summed E-state index contributed by atoms with van der Waals surface area (Å²) in [5.74, 6) is 0.401. The van der Waals surface area contributed by atoms with E-state index in [0.29, 0.717) is 17.1 Å². The monoisotopic (exact) mass is 540 g/mol. The van der Waals surface area contributed by atoms with Crippen molar-refractivity contribution >= 4 is 11.9 Å². The first-order valence-electron chi connectivity index (χ1n) is 14.4. The molecule has 212 valence electrons. The Hall–Kier alpha value is -3.53. The predicted molar refractivity (Wildman–Crippen MR) is 164 cm³/mol. The molecule has 0 fully saturated rings. The summed E-state index contributed by atoms with van der Waals surface area (Å²) < 4.78 is 12.3. The van der Waals surface area contributed by atoms with Gasteiger partial charge in [-0.25, -0.2) is 0 Å². The molecule has 2 aromatic carbocycles. The Bertz CT molecular complexity index is 1350. The van der Waals surface area contributed by atoms with Gasteiger partial charge in [0.15, 0.2) is 5.78 Å². The van der Waals surface area contributed by atoms with Crippen LogP contribution in [-0.4, -0.2) is 23.6 Å². The van der Waals surface area contributed by atoms with Gasteiger partial charge < -0.3 is 14.6 Å². The maximum atomic E-state index is 14.8. The van der Waals surface area contributed by atoms with Gasteiger partial charge in [0.25, 0.3) is 0 Å². The summed E-state index contributed by atoms with van der Waals surface area (Å²) in [5.41, 5.74) is 5.19. The SMILES string of the molecule is COc1cc(O)c(C(=O)[C@H]2[C@@H](c3ccccc3)CC=C(C)[C@@H]2CC=C(C)C)c2c1C=C[C@](C)(CCC=C(C)C)O2. The van der Waals surface area contributed by atoms with Crippen molar-refractivity contribution < 1.29 is 19.4 Å². The van der Waals surface area contributed by atoms with Crippen LogP contribution in [0, 0.1) is 11.8 Å². The number of Topliss-reactive ketones (excluding diaryl/α,β-unsaturated/α-hetero) is 1. The number of aromatic hydroxyl groups is 1. The Morgan fingerprint density at radius 1 is 1.12 bits per heavy atom. The molecule has 0 saturated heterocycles. The van der Waals surface area contributed by atoms with Gasteiger partial charge in [-0.15, -0.1) is 0 Å². The van der Waals surface area contributed by atoms with Gasteiger partial charge in [0.05, 0.1) is 12.7 Å². The van der Waals surface area contributed by atoms with Crippen LogP contribution >= 0.6 is 0 Å². The smallest absolute Gasteiger partial charge is 0.174 e. The van der Waals surface area contributed by atoms with Crippen molar-refractivity contribution in [3.8, 4) is 17.2 Å². The lowest BCUT2D eigenvalue weighted by Gasteiger charge is -2.38. The molecular weight excluding hydrogens is 496 g/mol. The van der Waals surface area contributed by atoms with Gasteiger partial charge in [0, 0.05) is 12.0 Å². The molecule has 0 aromatic heterocycles. The minimum absolute atomic E-state index is 0.00621. The lowest BCUT2D eigenvalue weighted by Crippen LogP contribution is -2.36. The molecule has 0 bridgehead atoms. The molecule has 40 heavy (non-hydrogen) atoms. The molecule has 4 atom stereocenters. The maximum absolute atomic E-state index is 14.8. The van der Waals surface area contributed by atoms with Gasteiger partial charge >= 0.3 is 0 Å². The van der Waals surface area contributed by atoms with E-state index >= 15 is 0 Å². The van der Waals surface area contributed by atoms with Crippen molar-refractivity contribution in [2.24, 2.45) is 11.8 Å². The van der Waals surface area contributed by atoms with Crippen molar-refractivity contribution in [3.05, 3.63) is 94.1 Å². The van der Waals surface area contributed by atoms with Gasteiger partial charge in [0.2, 0.25) is 0 Å². The quantitative estimate of drug-likeness (QED) is 0.254. The number of rotatable bonds is 9. The molecule has 1 N–H and O–H groups in total. The summed E-state index contributed by atoms with van der Waals surface area (Å²) in [6.07, 6.45) is 13.9. The van der Waals surface area contributed by atoms with Crippen LogP contribution in [0.1, 0.15) is 94.6 Å². The third kappa shape index (κ3) is 6.27. The third-order valence-corrected chi connectivity index (χ3v) is 8.31.